The highest BCUT2D eigenvalue weighted by atomic mass is 32.2. The van der Waals surface area contributed by atoms with E-state index in [0.29, 0.717) is 17.7 Å². The Bertz CT molecular complexity index is 1790. The van der Waals surface area contributed by atoms with Crippen LogP contribution in [0.25, 0.3) is 0 Å². The Morgan fingerprint density at radius 2 is 1.74 bits per heavy atom. The number of carbonyl (C=O) groups excluding carboxylic acids is 4. The maximum absolute atomic E-state index is 13.9. The number of β-lactam (4-membered cyclic amide) rings is 1. The number of nitrogens with zero attached hydrogens (tertiary/aromatic N) is 3. The molecule has 0 aliphatic carbocycles. The fourth-order valence-corrected chi connectivity index (χ4v) is 8.32. The molecule has 3 heterocycles. The van der Waals surface area contributed by atoms with Gasteiger partial charge in [-0.3, -0.25) is 23.8 Å². The van der Waals surface area contributed by atoms with Crippen LogP contribution in [0.1, 0.15) is 36.8 Å². The lowest BCUT2D eigenvalue weighted by Gasteiger charge is -2.49. The van der Waals surface area contributed by atoms with Crippen LogP contribution in [-0.4, -0.2) is 76.5 Å². The zero-order valence-corrected chi connectivity index (χ0v) is 29.6. The number of oxime groups is 1. The molecule has 0 radical (unpaired) electrons. The Morgan fingerprint density at radius 3 is 2.32 bits per heavy atom. The molecule has 1 fully saturated rings. The second kappa shape index (κ2) is 16.9. The summed E-state index contributed by atoms with van der Waals surface area (Å²) < 4.78 is 29.4. The molecular weight excluding hydrogens is 705 g/mol. The summed E-state index contributed by atoms with van der Waals surface area (Å²) in [4.78, 5) is 63.0. The number of aromatic nitrogens is 1. The minimum atomic E-state index is -3.69. The van der Waals surface area contributed by atoms with Crippen molar-refractivity contribution in [2.45, 2.75) is 31.4 Å². The van der Waals surface area contributed by atoms with E-state index in [4.69, 9.17) is 18.6 Å². The number of hydrogen-bond acceptors (Lipinski definition) is 13. The summed E-state index contributed by atoms with van der Waals surface area (Å²) in [6.07, 6.45) is 0.586. The first-order valence-corrected chi connectivity index (χ1v) is 19.0. The zero-order valence-electron chi connectivity index (χ0n) is 27.1. The third-order valence-corrected chi connectivity index (χ3v) is 11.1. The topological polar surface area (TPSA) is 175 Å². The summed E-state index contributed by atoms with van der Waals surface area (Å²) in [5.74, 6) is -1.80. The van der Waals surface area contributed by atoms with Crippen LogP contribution < -0.4 is 10.6 Å². The molecule has 3 aromatic rings. The molecular formula is C33H34N5O9PS2. The van der Waals surface area contributed by atoms with Crippen molar-refractivity contribution in [3.63, 3.8) is 0 Å². The number of fused-ring (bicyclic) bond motifs is 1. The number of esters is 1. The maximum atomic E-state index is 13.9. The van der Waals surface area contributed by atoms with Crippen LogP contribution in [0.4, 0.5) is 5.13 Å². The Morgan fingerprint density at radius 1 is 1.10 bits per heavy atom. The van der Waals surface area contributed by atoms with Crippen LogP contribution in [-0.2, 0) is 42.4 Å². The highest BCUT2D eigenvalue weighted by Gasteiger charge is 2.54. The summed E-state index contributed by atoms with van der Waals surface area (Å²) in [5, 5.41) is 9.92. The van der Waals surface area contributed by atoms with Gasteiger partial charge in [-0.1, -0.05) is 78.5 Å². The predicted molar refractivity (Wildman–Crippen MR) is 188 cm³/mol. The number of amides is 3. The molecule has 1 unspecified atom stereocenters. The molecule has 5 rings (SSSR count). The van der Waals surface area contributed by atoms with E-state index in [1.165, 1.54) is 28.1 Å². The van der Waals surface area contributed by atoms with E-state index < -0.39 is 49.2 Å². The summed E-state index contributed by atoms with van der Waals surface area (Å²) in [7, 11) is -3.69. The van der Waals surface area contributed by atoms with Crippen LogP contribution in [0, 0.1) is 0 Å². The van der Waals surface area contributed by atoms with Crippen LogP contribution in [0.5, 0.6) is 0 Å². The van der Waals surface area contributed by atoms with Crippen molar-refractivity contribution in [1.82, 2.24) is 15.2 Å². The van der Waals surface area contributed by atoms with Gasteiger partial charge in [0.25, 0.3) is 11.8 Å². The number of anilines is 1. The number of nitrogens with one attached hydrogen (secondary N) is 2. The first-order chi connectivity index (χ1) is 24.2. The molecule has 2 N–H and O–H groups in total. The van der Waals surface area contributed by atoms with E-state index >= 15 is 0 Å². The molecule has 2 aromatic carbocycles. The van der Waals surface area contributed by atoms with Gasteiger partial charge in [0.2, 0.25) is 12.8 Å². The molecule has 17 heteroatoms. The SMILES string of the molecule is C=CC1=C(C(=O)OC(c2ccccc2)c2ccccc2)N2C(=O)C(NC(=O)C(=NOCP(=O)(OCC)OCC)c3csc(NC=O)n3)[C@@H]2SC1. The number of hydrogen-bond donors (Lipinski definition) is 2. The number of carbonyl (C=O) groups is 4. The highest BCUT2D eigenvalue weighted by Crippen LogP contribution is 2.48. The number of rotatable bonds is 17. The van der Waals surface area contributed by atoms with E-state index in [1.807, 2.05) is 60.7 Å². The average Bonchev–Trinajstić information content (AvgIpc) is 3.59. The molecule has 3 amide bonds. The van der Waals surface area contributed by atoms with Gasteiger partial charge in [0, 0.05) is 11.1 Å². The smallest absolute Gasteiger partial charge is 0.370 e. The summed E-state index contributed by atoms with van der Waals surface area (Å²) in [5.41, 5.74) is 1.70. The van der Waals surface area contributed by atoms with Crippen molar-refractivity contribution in [3.05, 3.63) is 107 Å². The fraction of sp³-hybridized carbons (Fsp3) is 0.273. The molecule has 2 aliphatic rings. The molecule has 2 atom stereocenters. The number of benzene rings is 2. The van der Waals surface area contributed by atoms with Crippen molar-refractivity contribution in [2.75, 3.05) is 30.6 Å². The van der Waals surface area contributed by atoms with E-state index in [1.54, 1.807) is 13.8 Å². The lowest BCUT2D eigenvalue weighted by molar-refractivity contribution is -0.154. The molecule has 262 valence electrons. The van der Waals surface area contributed by atoms with Gasteiger partial charge in [0.05, 0.1) is 13.2 Å². The molecule has 0 bridgehead atoms. The molecule has 50 heavy (non-hydrogen) atoms. The minimum Gasteiger partial charge on any atom is -0.448 e. The summed E-state index contributed by atoms with van der Waals surface area (Å²) in [6.45, 7) is 7.28. The van der Waals surface area contributed by atoms with Gasteiger partial charge in [-0.25, -0.2) is 9.78 Å². The van der Waals surface area contributed by atoms with Gasteiger partial charge in [-0.15, -0.1) is 23.1 Å². The molecule has 1 aromatic heterocycles. The zero-order chi connectivity index (χ0) is 35.7. The van der Waals surface area contributed by atoms with Crippen LogP contribution >= 0.6 is 30.7 Å². The largest absolute Gasteiger partial charge is 0.448 e. The van der Waals surface area contributed by atoms with Gasteiger partial charge in [0.15, 0.2) is 16.9 Å². The maximum Gasteiger partial charge on any atom is 0.370 e. The van der Waals surface area contributed by atoms with Gasteiger partial charge in [-0.2, -0.15) is 0 Å². The molecule has 0 spiro atoms. The monoisotopic (exact) mass is 739 g/mol. The predicted octanol–water partition coefficient (Wildman–Crippen LogP) is 4.83. The molecule has 0 saturated carbocycles. The van der Waals surface area contributed by atoms with E-state index in [-0.39, 0.29) is 35.4 Å². The second-order valence-electron chi connectivity index (χ2n) is 10.5. The van der Waals surface area contributed by atoms with Crippen LogP contribution in [0.15, 0.2) is 95.1 Å². The Kier molecular flexibility index (Phi) is 12.4. The standard InChI is InChI=1S/C33H34N5O9PS2/c1-4-21-17-49-31-26(30(41)38(31)27(21)32(42)47-28(22-13-9-7-10-14-22)23-15-11-8-12-16-23)36-29(40)25(24-18-50-33(35-24)34-19-39)37-44-20-48(43,45-5-2)46-6-3/h4,7-16,18-19,26,28,31H,1,5-6,17,20H2,2-3H3,(H,36,40)(H,34,35,39)/t26?,31-/m0/s1. The van der Waals surface area contributed by atoms with Gasteiger partial charge >= 0.3 is 13.6 Å². The first-order valence-electron chi connectivity index (χ1n) is 15.4. The highest BCUT2D eigenvalue weighted by molar-refractivity contribution is 8.00. The number of thiazole rings is 1. The lowest BCUT2D eigenvalue weighted by Crippen LogP contribution is -2.71. The minimum absolute atomic E-state index is 0.0189. The Hall–Kier alpha value is -4.60. The van der Waals surface area contributed by atoms with Crippen molar-refractivity contribution in [3.8, 4) is 0 Å². The first kappa shape index (κ1) is 36.7. The normalized spacial score (nSPS) is 17.5. The molecule has 1 saturated heterocycles. The number of ether oxygens (including phenoxy) is 1. The number of thioether (sulfide) groups is 1. The quantitative estimate of drug-likeness (QED) is 0.0485. The fourth-order valence-electron chi connectivity index (χ4n) is 5.12. The van der Waals surface area contributed by atoms with E-state index in [0.717, 1.165) is 22.5 Å². The van der Waals surface area contributed by atoms with E-state index in [2.05, 4.69) is 27.4 Å². The van der Waals surface area contributed by atoms with Crippen LogP contribution in [0.2, 0.25) is 0 Å². The van der Waals surface area contributed by atoms with Crippen molar-refractivity contribution < 1.29 is 42.4 Å². The van der Waals surface area contributed by atoms with E-state index in [9.17, 15) is 23.7 Å². The lowest BCUT2D eigenvalue weighted by atomic mass is 10.0. The second-order valence-corrected chi connectivity index (χ2v) is 14.4. The number of allylic oxidation sites excluding steroid dienone is 1. The van der Waals surface area contributed by atoms with Crippen molar-refractivity contribution in [2.24, 2.45) is 5.16 Å². The van der Waals surface area contributed by atoms with Crippen molar-refractivity contribution in [1.29, 1.82) is 0 Å². The third kappa shape index (κ3) is 8.22. The summed E-state index contributed by atoms with van der Waals surface area (Å²) >= 11 is 2.35. The molecule has 14 nitrogen and oxygen atoms in total. The van der Waals surface area contributed by atoms with Crippen LogP contribution in [0.3, 0.4) is 0 Å². The summed E-state index contributed by atoms with van der Waals surface area (Å²) in [6, 6.07) is 17.4. The average molecular weight is 740 g/mol. The molecule has 2 aliphatic heterocycles. The van der Waals surface area contributed by atoms with Gasteiger partial charge < -0.3 is 29.3 Å². The van der Waals surface area contributed by atoms with Gasteiger partial charge in [-0.05, 0) is 30.5 Å². The Balaban J connectivity index is 1.36. The Labute approximate surface area is 296 Å². The van der Waals surface area contributed by atoms with Gasteiger partial charge in [0.1, 0.15) is 22.8 Å². The van der Waals surface area contributed by atoms with Crippen molar-refractivity contribution >= 4 is 65.7 Å². The third-order valence-electron chi connectivity index (χ3n) is 7.32.